The molecule has 0 unspecified atom stereocenters. The number of aromatic nitrogens is 2. The fourth-order valence-electron chi connectivity index (χ4n) is 3.40. The third-order valence-corrected chi connectivity index (χ3v) is 5.03. The van der Waals surface area contributed by atoms with Crippen LogP contribution in [0.1, 0.15) is 17.4 Å². The van der Waals surface area contributed by atoms with E-state index in [2.05, 4.69) is 15.6 Å². The Morgan fingerprint density at radius 1 is 0.906 bits per heavy atom. The Labute approximate surface area is 184 Å². The van der Waals surface area contributed by atoms with Gasteiger partial charge in [-0.2, -0.15) is 0 Å². The van der Waals surface area contributed by atoms with Crippen molar-refractivity contribution in [1.82, 2.24) is 14.9 Å². The molecule has 3 aromatic carbocycles. The molecule has 0 saturated heterocycles. The molecule has 7 heteroatoms. The Balaban J connectivity index is 1.49. The molecule has 0 radical (unpaired) electrons. The first-order valence-corrected chi connectivity index (χ1v) is 10.0. The Morgan fingerprint density at radius 3 is 2.28 bits per heavy atom. The van der Waals surface area contributed by atoms with Crippen LogP contribution in [0, 0.1) is 5.82 Å². The molecule has 32 heavy (non-hydrogen) atoms. The summed E-state index contributed by atoms with van der Waals surface area (Å²) in [6, 6.07) is 22.1. The summed E-state index contributed by atoms with van der Waals surface area (Å²) in [6.07, 6.45) is 3.28. The van der Waals surface area contributed by atoms with Gasteiger partial charge in [-0.15, -0.1) is 0 Å². The minimum atomic E-state index is -0.852. The summed E-state index contributed by atoms with van der Waals surface area (Å²) in [5.41, 5.74) is 3.02. The minimum Gasteiger partial charge on any atom is -0.336 e. The Kier molecular flexibility index (Phi) is 6.07. The number of rotatable bonds is 5. The van der Waals surface area contributed by atoms with Gasteiger partial charge in [0.05, 0.1) is 0 Å². The fraction of sp³-hybridized carbons (Fsp3) is 0.0800. The molecule has 4 rings (SSSR count). The Hall–Kier alpha value is -4.26. The summed E-state index contributed by atoms with van der Waals surface area (Å²) in [7, 11) is 1.76. The highest BCUT2D eigenvalue weighted by Gasteiger charge is 2.24. The summed E-state index contributed by atoms with van der Waals surface area (Å²) >= 11 is 0. The number of hydrogen-bond acceptors (Lipinski definition) is 3. The normalized spacial score (nSPS) is 11.6. The number of nitrogens with one attached hydrogen (secondary N) is 2. The maximum Gasteiger partial charge on any atom is 0.313 e. The molecule has 0 aliphatic carbocycles. The quantitative estimate of drug-likeness (QED) is 0.471. The van der Waals surface area contributed by atoms with Crippen LogP contribution >= 0.6 is 0 Å². The van der Waals surface area contributed by atoms with E-state index >= 15 is 0 Å². The van der Waals surface area contributed by atoms with Crippen molar-refractivity contribution in [2.45, 2.75) is 6.04 Å². The lowest BCUT2D eigenvalue weighted by molar-refractivity contribution is -0.136. The van der Waals surface area contributed by atoms with Gasteiger partial charge >= 0.3 is 11.8 Å². The van der Waals surface area contributed by atoms with Crippen LogP contribution in [0.5, 0.6) is 0 Å². The van der Waals surface area contributed by atoms with Crippen molar-refractivity contribution in [3.63, 3.8) is 0 Å². The van der Waals surface area contributed by atoms with Crippen LogP contribution in [0.4, 0.5) is 10.1 Å². The number of amides is 2. The zero-order valence-electron chi connectivity index (χ0n) is 17.3. The van der Waals surface area contributed by atoms with Gasteiger partial charge in [0.15, 0.2) is 0 Å². The molecule has 0 saturated carbocycles. The van der Waals surface area contributed by atoms with Gasteiger partial charge in [0.25, 0.3) is 0 Å². The fourth-order valence-corrected chi connectivity index (χ4v) is 3.40. The lowest BCUT2D eigenvalue weighted by atomic mass is 10.1. The molecule has 1 aromatic heterocycles. The largest absolute Gasteiger partial charge is 0.336 e. The van der Waals surface area contributed by atoms with Crippen molar-refractivity contribution in [1.29, 1.82) is 0 Å². The zero-order chi connectivity index (χ0) is 22.5. The molecule has 6 nitrogen and oxygen atoms in total. The average molecular weight is 428 g/mol. The molecule has 2 N–H and O–H groups in total. The highest BCUT2D eigenvalue weighted by Crippen LogP contribution is 2.22. The van der Waals surface area contributed by atoms with Gasteiger partial charge in [0.2, 0.25) is 0 Å². The van der Waals surface area contributed by atoms with E-state index in [-0.39, 0.29) is 0 Å². The molecule has 0 fully saturated rings. The molecular formula is C25H21FN4O2. The third-order valence-electron chi connectivity index (χ3n) is 5.03. The first kappa shape index (κ1) is 21.0. The molecule has 2 amide bonds. The number of imidazole rings is 1. The number of carbonyl (C=O) groups is 2. The van der Waals surface area contributed by atoms with Crippen LogP contribution in [0.25, 0.3) is 11.1 Å². The molecular weight excluding hydrogens is 407 g/mol. The Morgan fingerprint density at radius 2 is 1.62 bits per heavy atom. The monoisotopic (exact) mass is 428 g/mol. The van der Waals surface area contributed by atoms with E-state index in [1.807, 2.05) is 42.5 Å². The van der Waals surface area contributed by atoms with Crippen molar-refractivity contribution >= 4 is 17.5 Å². The second-order valence-electron chi connectivity index (χ2n) is 7.26. The van der Waals surface area contributed by atoms with Crippen LogP contribution in [-0.4, -0.2) is 21.4 Å². The second kappa shape index (κ2) is 9.26. The van der Waals surface area contributed by atoms with E-state index in [9.17, 15) is 14.0 Å². The Bertz CT molecular complexity index is 1240. The van der Waals surface area contributed by atoms with Crippen LogP contribution in [-0.2, 0) is 16.6 Å². The van der Waals surface area contributed by atoms with Crippen LogP contribution in [0.2, 0.25) is 0 Å². The van der Waals surface area contributed by atoms with Crippen molar-refractivity contribution in [3.8, 4) is 11.1 Å². The predicted molar refractivity (Wildman–Crippen MR) is 120 cm³/mol. The molecule has 0 spiro atoms. The first-order valence-electron chi connectivity index (χ1n) is 10.0. The summed E-state index contributed by atoms with van der Waals surface area (Å²) in [5, 5.41) is 5.26. The molecule has 160 valence electrons. The van der Waals surface area contributed by atoms with Crippen molar-refractivity contribution < 1.29 is 14.0 Å². The lowest BCUT2D eigenvalue weighted by Gasteiger charge is -2.19. The molecule has 1 heterocycles. The van der Waals surface area contributed by atoms with Gasteiger partial charge < -0.3 is 15.2 Å². The number of carbonyl (C=O) groups excluding carboxylic acids is 2. The van der Waals surface area contributed by atoms with Crippen LogP contribution in [0.3, 0.4) is 0 Å². The van der Waals surface area contributed by atoms with E-state index in [1.54, 1.807) is 48.3 Å². The molecule has 0 bridgehead atoms. The molecule has 4 aromatic rings. The molecule has 0 aliphatic rings. The van der Waals surface area contributed by atoms with E-state index in [4.69, 9.17) is 0 Å². The van der Waals surface area contributed by atoms with Gasteiger partial charge in [-0.05, 0) is 41.0 Å². The van der Waals surface area contributed by atoms with E-state index in [0.29, 0.717) is 17.1 Å². The van der Waals surface area contributed by atoms with Gasteiger partial charge in [-0.25, -0.2) is 9.37 Å². The summed E-state index contributed by atoms with van der Waals surface area (Å²) in [6.45, 7) is 0. The maximum atomic E-state index is 13.8. The topological polar surface area (TPSA) is 76.0 Å². The number of halogens is 1. The second-order valence-corrected chi connectivity index (χ2v) is 7.26. The SMILES string of the molecule is Cn1ccnc1[C@@H](NC(=O)C(=O)Nc1ccc(-c2ccccc2)cc1)c1cccc(F)c1. The molecule has 1 atom stereocenters. The van der Waals surface area contributed by atoms with Gasteiger partial charge in [-0.3, -0.25) is 9.59 Å². The number of anilines is 1. The number of aryl methyl sites for hydroxylation is 1. The highest BCUT2D eigenvalue weighted by atomic mass is 19.1. The zero-order valence-corrected chi connectivity index (χ0v) is 17.3. The summed E-state index contributed by atoms with van der Waals surface area (Å²) in [5.74, 6) is -1.65. The summed E-state index contributed by atoms with van der Waals surface area (Å²) in [4.78, 5) is 29.4. The number of benzene rings is 3. The number of hydrogen-bond donors (Lipinski definition) is 2. The smallest absolute Gasteiger partial charge is 0.313 e. The van der Waals surface area contributed by atoms with Gasteiger partial charge in [0.1, 0.15) is 17.7 Å². The van der Waals surface area contributed by atoms with Gasteiger partial charge in [0, 0.05) is 25.1 Å². The minimum absolute atomic E-state index is 0.445. The highest BCUT2D eigenvalue weighted by molar-refractivity contribution is 6.39. The van der Waals surface area contributed by atoms with Crippen LogP contribution < -0.4 is 10.6 Å². The predicted octanol–water partition coefficient (Wildman–Crippen LogP) is 4.07. The van der Waals surface area contributed by atoms with Crippen LogP contribution in [0.15, 0.2) is 91.3 Å². The summed E-state index contributed by atoms with van der Waals surface area (Å²) < 4.78 is 15.5. The van der Waals surface area contributed by atoms with E-state index < -0.39 is 23.7 Å². The van der Waals surface area contributed by atoms with Gasteiger partial charge in [-0.1, -0.05) is 54.6 Å². The van der Waals surface area contributed by atoms with E-state index in [0.717, 1.165) is 11.1 Å². The van der Waals surface area contributed by atoms with E-state index in [1.165, 1.54) is 12.1 Å². The van der Waals surface area contributed by atoms with Crippen molar-refractivity contribution in [3.05, 3.63) is 108 Å². The first-order chi connectivity index (χ1) is 15.5. The number of nitrogens with zero attached hydrogens (tertiary/aromatic N) is 2. The maximum absolute atomic E-state index is 13.8. The average Bonchev–Trinajstić information content (AvgIpc) is 3.23. The van der Waals surface area contributed by atoms with Crippen molar-refractivity contribution in [2.75, 3.05) is 5.32 Å². The third kappa shape index (κ3) is 4.73. The molecule has 0 aliphatic heterocycles. The van der Waals surface area contributed by atoms with Crippen molar-refractivity contribution in [2.24, 2.45) is 7.05 Å². The standard InChI is InChI=1S/C25H21FN4O2/c1-30-15-14-27-23(30)22(19-8-5-9-20(26)16-19)29-25(32)24(31)28-21-12-10-18(11-13-21)17-6-3-2-4-7-17/h2-16,22H,1H3,(H,28,31)(H,29,32)/t22-/m0/s1. The lowest BCUT2D eigenvalue weighted by Crippen LogP contribution is -2.39.